The van der Waals surface area contributed by atoms with Gasteiger partial charge in [0, 0.05) is 6.92 Å². The normalized spacial score (nSPS) is 11.7. The maximum Gasteiger partial charge on any atom is 0.240 e. The Morgan fingerprint density at radius 1 is 1.32 bits per heavy atom. The molecule has 102 valence electrons. The molecule has 0 bridgehead atoms. The first kappa shape index (κ1) is 14.3. The van der Waals surface area contributed by atoms with Gasteiger partial charge in [-0.05, 0) is 18.2 Å². The molecule has 19 heavy (non-hydrogen) atoms. The van der Waals surface area contributed by atoms with Crippen LogP contribution in [0.1, 0.15) is 11.6 Å². The lowest BCUT2D eigenvalue weighted by atomic mass is 10.4. The average Bonchev–Trinajstić information content (AvgIpc) is 2.76. The molecule has 0 aliphatic carbocycles. The summed E-state index contributed by atoms with van der Waals surface area (Å²) in [7, 11) is -3.66. The monoisotopic (exact) mass is 320 g/mol. The van der Waals surface area contributed by atoms with Gasteiger partial charge in [0.2, 0.25) is 10.0 Å². The summed E-state index contributed by atoms with van der Waals surface area (Å²) in [5.74, 6) is 0.476. The molecule has 0 fully saturated rings. The van der Waals surface area contributed by atoms with Gasteiger partial charge in [0.25, 0.3) is 0 Å². The summed E-state index contributed by atoms with van der Waals surface area (Å²) in [6.07, 6.45) is 1.40. The standard InChI is InChI=1S/C11H10Cl2N2O3S/c1-7-15-8(6-18-7)5-14-19(16,17)9-2-3-10(12)11(13)4-9/h2-4,6,14H,5H2,1H3. The number of hydrogen-bond donors (Lipinski definition) is 1. The molecule has 0 saturated carbocycles. The Labute approximate surface area is 120 Å². The van der Waals surface area contributed by atoms with E-state index in [1.807, 2.05) is 0 Å². The smallest absolute Gasteiger partial charge is 0.240 e. The number of aromatic nitrogens is 1. The van der Waals surface area contributed by atoms with Crippen LogP contribution in [0.15, 0.2) is 33.8 Å². The van der Waals surface area contributed by atoms with Crippen molar-refractivity contribution in [3.8, 4) is 0 Å². The van der Waals surface area contributed by atoms with E-state index in [4.69, 9.17) is 27.6 Å². The molecule has 5 nitrogen and oxygen atoms in total. The number of aryl methyl sites for hydroxylation is 1. The first-order valence-corrected chi connectivity index (χ1v) is 7.48. The Kier molecular flexibility index (Phi) is 4.15. The van der Waals surface area contributed by atoms with E-state index in [1.165, 1.54) is 24.5 Å². The Balaban J connectivity index is 2.16. The van der Waals surface area contributed by atoms with Crippen molar-refractivity contribution < 1.29 is 12.8 Å². The Morgan fingerprint density at radius 2 is 2.05 bits per heavy atom. The summed E-state index contributed by atoms with van der Waals surface area (Å²) in [5.41, 5.74) is 0.501. The van der Waals surface area contributed by atoms with Crippen LogP contribution in [0.25, 0.3) is 0 Å². The molecule has 0 radical (unpaired) electrons. The van der Waals surface area contributed by atoms with Crippen molar-refractivity contribution in [3.05, 3.63) is 46.1 Å². The lowest BCUT2D eigenvalue weighted by Crippen LogP contribution is -2.23. The van der Waals surface area contributed by atoms with Gasteiger partial charge >= 0.3 is 0 Å². The molecule has 1 heterocycles. The fourth-order valence-electron chi connectivity index (χ4n) is 1.39. The second kappa shape index (κ2) is 5.50. The molecule has 2 aromatic rings. The molecular weight excluding hydrogens is 311 g/mol. The van der Waals surface area contributed by atoms with Crippen molar-refractivity contribution in [2.75, 3.05) is 0 Å². The van der Waals surface area contributed by atoms with E-state index in [-0.39, 0.29) is 16.5 Å². The second-order valence-corrected chi connectivity index (χ2v) is 6.34. The predicted molar refractivity (Wildman–Crippen MR) is 71.7 cm³/mol. The SMILES string of the molecule is Cc1nc(CNS(=O)(=O)c2ccc(Cl)c(Cl)c2)co1. The average molecular weight is 321 g/mol. The van der Waals surface area contributed by atoms with E-state index in [0.717, 1.165) is 0 Å². The van der Waals surface area contributed by atoms with Gasteiger partial charge in [-0.3, -0.25) is 0 Å². The van der Waals surface area contributed by atoms with Gasteiger partial charge in [-0.1, -0.05) is 23.2 Å². The van der Waals surface area contributed by atoms with Gasteiger partial charge in [0.15, 0.2) is 5.89 Å². The molecule has 0 saturated heterocycles. The van der Waals surface area contributed by atoms with Crippen LogP contribution in [-0.4, -0.2) is 13.4 Å². The van der Waals surface area contributed by atoms with E-state index in [9.17, 15) is 8.42 Å². The van der Waals surface area contributed by atoms with Gasteiger partial charge in [-0.15, -0.1) is 0 Å². The Hall–Kier alpha value is -1.08. The van der Waals surface area contributed by atoms with Crippen molar-refractivity contribution in [2.45, 2.75) is 18.4 Å². The number of oxazole rings is 1. The molecule has 0 aliphatic rings. The third kappa shape index (κ3) is 3.48. The fourth-order valence-corrected chi connectivity index (χ4v) is 2.77. The first-order chi connectivity index (χ1) is 8.88. The van der Waals surface area contributed by atoms with Crippen LogP contribution >= 0.6 is 23.2 Å². The number of halogens is 2. The lowest BCUT2D eigenvalue weighted by Gasteiger charge is -2.06. The minimum absolute atomic E-state index is 0.0416. The molecule has 0 aliphatic heterocycles. The fraction of sp³-hybridized carbons (Fsp3) is 0.182. The van der Waals surface area contributed by atoms with Crippen LogP contribution in [0.2, 0.25) is 10.0 Å². The van der Waals surface area contributed by atoms with E-state index in [0.29, 0.717) is 16.6 Å². The zero-order chi connectivity index (χ0) is 14.0. The summed E-state index contributed by atoms with van der Waals surface area (Å²) in [6, 6.07) is 4.10. The number of benzene rings is 1. The summed E-state index contributed by atoms with van der Waals surface area (Å²) in [6.45, 7) is 1.72. The molecular formula is C11H10Cl2N2O3S. The summed E-state index contributed by atoms with van der Waals surface area (Å²) in [4.78, 5) is 4.04. The highest BCUT2D eigenvalue weighted by Gasteiger charge is 2.15. The quantitative estimate of drug-likeness (QED) is 0.940. The third-order valence-corrected chi connectivity index (χ3v) is 4.45. The van der Waals surface area contributed by atoms with Crippen molar-refractivity contribution in [3.63, 3.8) is 0 Å². The third-order valence-electron chi connectivity index (χ3n) is 2.31. The van der Waals surface area contributed by atoms with Gasteiger partial charge in [0.1, 0.15) is 6.26 Å². The zero-order valence-corrected chi connectivity index (χ0v) is 12.2. The molecule has 1 aromatic heterocycles. The molecule has 0 atom stereocenters. The van der Waals surface area contributed by atoms with Crippen molar-refractivity contribution in [2.24, 2.45) is 0 Å². The Bertz CT molecular complexity index is 698. The lowest BCUT2D eigenvalue weighted by molar-refractivity contribution is 0.520. The van der Waals surface area contributed by atoms with Crippen LogP contribution in [0.3, 0.4) is 0 Å². The number of sulfonamides is 1. The predicted octanol–water partition coefficient (Wildman–Crippen LogP) is 2.77. The number of nitrogens with zero attached hydrogens (tertiary/aromatic N) is 1. The highest BCUT2D eigenvalue weighted by molar-refractivity contribution is 7.89. The van der Waals surface area contributed by atoms with Gasteiger partial charge < -0.3 is 4.42 Å². The molecule has 2 rings (SSSR count). The first-order valence-electron chi connectivity index (χ1n) is 5.24. The topological polar surface area (TPSA) is 72.2 Å². The maximum atomic E-state index is 12.0. The van der Waals surface area contributed by atoms with Crippen LogP contribution in [-0.2, 0) is 16.6 Å². The largest absolute Gasteiger partial charge is 0.449 e. The molecule has 8 heteroatoms. The molecule has 0 unspecified atom stereocenters. The zero-order valence-electron chi connectivity index (χ0n) is 9.85. The van der Waals surface area contributed by atoms with Crippen LogP contribution in [0.5, 0.6) is 0 Å². The van der Waals surface area contributed by atoms with E-state index < -0.39 is 10.0 Å². The van der Waals surface area contributed by atoms with Crippen LogP contribution in [0, 0.1) is 6.92 Å². The summed E-state index contributed by atoms with van der Waals surface area (Å²) < 4.78 is 31.4. The maximum absolute atomic E-state index is 12.0. The molecule has 1 N–H and O–H groups in total. The van der Waals surface area contributed by atoms with Crippen molar-refractivity contribution in [1.29, 1.82) is 0 Å². The van der Waals surface area contributed by atoms with Crippen molar-refractivity contribution in [1.82, 2.24) is 9.71 Å². The number of hydrogen-bond acceptors (Lipinski definition) is 4. The van der Waals surface area contributed by atoms with Crippen molar-refractivity contribution >= 4 is 33.2 Å². The van der Waals surface area contributed by atoms with Crippen LogP contribution < -0.4 is 4.72 Å². The number of rotatable bonds is 4. The van der Waals surface area contributed by atoms with Gasteiger partial charge in [-0.2, -0.15) is 0 Å². The van der Waals surface area contributed by atoms with E-state index >= 15 is 0 Å². The minimum atomic E-state index is -3.66. The highest BCUT2D eigenvalue weighted by atomic mass is 35.5. The number of nitrogens with one attached hydrogen (secondary N) is 1. The summed E-state index contributed by atoms with van der Waals surface area (Å²) >= 11 is 11.5. The molecule has 0 spiro atoms. The Morgan fingerprint density at radius 3 is 2.63 bits per heavy atom. The van der Waals surface area contributed by atoms with E-state index in [2.05, 4.69) is 9.71 Å². The minimum Gasteiger partial charge on any atom is -0.449 e. The molecule has 0 amide bonds. The molecule has 1 aromatic carbocycles. The van der Waals surface area contributed by atoms with Gasteiger partial charge in [0.05, 0.1) is 27.2 Å². The second-order valence-electron chi connectivity index (χ2n) is 3.76. The van der Waals surface area contributed by atoms with E-state index in [1.54, 1.807) is 6.92 Å². The van der Waals surface area contributed by atoms with Gasteiger partial charge in [-0.25, -0.2) is 18.1 Å². The highest BCUT2D eigenvalue weighted by Crippen LogP contribution is 2.24. The summed E-state index contributed by atoms with van der Waals surface area (Å²) in [5, 5.41) is 0.481. The van der Waals surface area contributed by atoms with Crippen LogP contribution in [0.4, 0.5) is 0 Å².